The van der Waals surface area contributed by atoms with Crippen LogP contribution in [0.15, 0.2) is 48.5 Å². The third kappa shape index (κ3) is 3.87. The number of benzene rings is 2. The lowest BCUT2D eigenvalue weighted by atomic mass is 9.97. The molecule has 0 spiro atoms. The summed E-state index contributed by atoms with van der Waals surface area (Å²) in [5.41, 5.74) is 1.07. The van der Waals surface area contributed by atoms with Crippen molar-refractivity contribution in [3.05, 3.63) is 48.5 Å². The molecule has 1 amide bonds. The summed E-state index contributed by atoms with van der Waals surface area (Å²) in [4.78, 5) is 19.6. The zero-order valence-electron chi connectivity index (χ0n) is 16.0. The Labute approximate surface area is 173 Å². The van der Waals surface area contributed by atoms with Gasteiger partial charge < -0.3 is 19.7 Å². The van der Waals surface area contributed by atoms with Crippen LogP contribution in [0.3, 0.4) is 0 Å². The Kier molecular flexibility index (Phi) is 4.97. The topological polar surface area (TPSA) is 63.7 Å². The number of carbonyl (C=O) groups excluding carboxylic acids is 1. The highest BCUT2D eigenvalue weighted by atomic mass is 32.1. The molecule has 3 aromatic rings. The van der Waals surface area contributed by atoms with Crippen molar-refractivity contribution in [2.45, 2.75) is 18.9 Å². The van der Waals surface area contributed by atoms with E-state index >= 15 is 0 Å². The SMILES string of the molecule is O=C(NCC1CCN(c2nc3ccccc3s2)CC1)C1COc2ccccc2O1. The first kappa shape index (κ1) is 18.2. The Balaban J connectivity index is 1.11. The highest BCUT2D eigenvalue weighted by Crippen LogP contribution is 2.32. The average Bonchev–Trinajstić information content (AvgIpc) is 3.22. The molecule has 2 aromatic carbocycles. The van der Waals surface area contributed by atoms with E-state index in [4.69, 9.17) is 14.5 Å². The van der Waals surface area contributed by atoms with Crippen LogP contribution in [0.2, 0.25) is 0 Å². The van der Waals surface area contributed by atoms with Crippen molar-refractivity contribution in [2.75, 3.05) is 31.1 Å². The molecule has 0 bridgehead atoms. The zero-order chi connectivity index (χ0) is 19.6. The van der Waals surface area contributed by atoms with Gasteiger partial charge in [-0.2, -0.15) is 0 Å². The largest absolute Gasteiger partial charge is 0.485 e. The van der Waals surface area contributed by atoms with Gasteiger partial charge in [-0.3, -0.25) is 4.79 Å². The van der Waals surface area contributed by atoms with Gasteiger partial charge in [0.1, 0.15) is 6.61 Å². The van der Waals surface area contributed by atoms with E-state index in [1.807, 2.05) is 30.3 Å². The number of aromatic nitrogens is 1. The number of hydrogen-bond donors (Lipinski definition) is 1. The van der Waals surface area contributed by atoms with E-state index < -0.39 is 6.10 Å². The second-order valence-electron chi connectivity index (χ2n) is 7.50. The molecule has 1 saturated heterocycles. The second kappa shape index (κ2) is 7.91. The number of nitrogens with zero attached hydrogens (tertiary/aromatic N) is 2. The maximum atomic E-state index is 12.5. The molecule has 3 heterocycles. The van der Waals surface area contributed by atoms with Crippen LogP contribution >= 0.6 is 11.3 Å². The highest BCUT2D eigenvalue weighted by Gasteiger charge is 2.28. The lowest BCUT2D eigenvalue weighted by molar-refractivity contribution is -0.130. The number of para-hydroxylation sites is 3. The number of ether oxygens (including phenoxy) is 2. The Morgan fingerprint density at radius 1 is 1.10 bits per heavy atom. The molecule has 150 valence electrons. The van der Waals surface area contributed by atoms with E-state index in [2.05, 4.69) is 28.4 Å². The fraction of sp³-hybridized carbons (Fsp3) is 0.364. The lowest BCUT2D eigenvalue weighted by Crippen LogP contribution is -2.46. The van der Waals surface area contributed by atoms with Crippen LogP contribution in [0.5, 0.6) is 11.5 Å². The van der Waals surface area contributed by atoms with Gasteiger partial charge in [0.15, 0.2) is 16.6 Å². The van der Waals surface area contributed by atoms with E-state index in [1.165, 1.54) is 4.70 Å². The number of piperidine rings is 1. The van der Waals surface area contributed by atoms with Crippen LogP contribution in [0.25, 0.3) is 10.2 Å². The lowest BCUT2D eigenvalue weighted by Gasteiger charge is -2.32. The third-order valence-corrected chi connectivity index (χ3v) is 6.63. The van der Waals surface area contributed by atoms with E-state index in [-0.39, 0.29) is 12.5 Å². The molecule has 0 aliphatic carbocycles. The number of rotatable bonds is 4. The van der Waals surface area contributed by atoms with Crippen LogP contribution in [-0.4, -0.2) is 43.2 Å². The van der Waals surface area contributed by atoms with Crippen LogP contribution in [0.4, 0.5) is 5.13 Å². The minimum Gasteiger partial charge on any atom is -0.485 e. The summed E-state index contributed by atoms with van der Waals surface area (Å²) in [5, 5.41) is 4.15. The maximum absolute atomic E-state index is 12.5. The number of anilines is 1. The predicted octanol–water partition coefficient (Wildman–Crippen LogP) is 3.47. The van der Waals surface area contributed by atoms with E-state index in [9.17, 15) is 4.79 Å². The van der Waals surface area contributed by atoms with Crippen molar-refractivity contribution in [3.63, 3.8) is 0 Å². The molecule has 1 fully saturated rings. The number of carbonyl (C=O) groups is 1. The van der Waals surface area contributed by atoms with Gasteiger partial charge in [0.2, 0.25) is 6.10 Å². The van der Waals surface area contributed by atoms with Crippen LogP contribution in [0, 0.1) is 5.92 Å². The summed E-state index contributed by atoms with van der Waals surface area (Å²) >= 11 is 1.75. The van der Waals surface area contributed by atoms with Crippen molar-refractivity contribution >= 4 is 32.6 Å². The molecule has 2 aliphatic rings. The quantitative estimate of drug-likeness (QED) is 0.715. The third-order valence-electron chi connectivity index (χ3n) is 5.53. The molecule has 29 heavy (non-hydrogen) atoms. The number of nitrogens with one attached hydrogen (secondary N) is 1. The van der Waals surface area contributed by atoms with Gasteiger partial charge in [0.25, 0.3) is 5.91 Å². The van der Waals surface area contributed by atoms with Gasteiger partial charge in [0, 0.05) is 19.6 Å². The van der Waals surface area contributed by atoms with Gasteiger partial charge in [-0.1, -0.05) is 35.6 Å². The van der Waals surface area contributed by atoms with Crippen molar-refractivity contribution < 1.29 is 14.3 Å². The molecule has 1 N–H and O–H groups in total. The van der Waals surface area contributed by atoms with E-state index in [0.29, 0.717) is 24.0 Å². The van der Waals surface area contributed by atoms with Crippen molar-refractivity contribution in [3.8, 4) is 11.5 Å². The fourth-order valence-corrected chi connectivity index (χ4v) is 4.85. The molecule has 7 heteroatoms. The van der Waals surface area contributed by atoms with Gasteiger partial charge in [-0.05, 0) is 43.0 Å². The molecule has 2 aliphatic heterocycles. The Morgan fingerprint density at radius 3 is 2.69 bits per heavy atom. The predicted molar refractivity (Wildman–Crippen MR) is 114 cm³/mol. The monoisotopic (exact) mass is 409 g/mol. The van der Waals surface area contributed by atoms with Crippen LogP contribution in [0.1, 0.15) is 12.8 Å². The molecular weight excluding hydrogens is 386 g/mol. The second-order valence-corrected chi connectivity index (χ2v) is 8.51. The normalized spacial score (nSPS) is 19.3. The van der Waals surface area contributed by atoms with Gasteiger partial charge in [-0.15, -0.1) is 0 Å². The smallest absolute Gasteiger partial charge is 0.264 e. The summed E-state index contributed by atoms with van der Waals surface area (Å²) in [7, 11) is 0. The van der Waals surface area contributed by atoms with Crippen molar-refractivity contribution in [1.82, 2.24) is 10.3 Å². The number of fused-ring (bicyclic) bond motifs is 2. The summed E-state index contributed by atoms with van der Waals surface area (Å²) in [5.74, 6) is 1.69. The number of amides is 1. The van der Waals surface area contributed by atoms with Gasteiger partial charge in [0.05, 0.1) is 10.2 Å². The minimum absolute atomic E-state index is 0.104. The first-order valence-corrected chi connectivity index (χ1v) is 10.8. The van der Waals surface area contributed by atoms with E-state index in [0.717, 1.165) is 36.6 Å². The fourth-order valence-electron chi connectivity index (χ4n) is 3.83. The van der Waals surface area contributed by atoms with E-state index in [1.54, 1.807) is 11.3 Å². The molecule has 1 aromatic heterocycles. The Bertz CT molecular complexity index is 980. The number of thiazole rings is 1. The molecule has 1 unspecified atom stereocenters. The molecule has 0 saturated carbocycles. The van der Waals surface area contributed by atoms with Crippen LogP contribution in [-0.2, 0) is 4.79 Å². The summed E-state index contributed by atoms with van der Waals surface area (Å²) in [6.45, 7) is 2.86. The van der Waals surface area contributed by atoms with Crippen molar-refractivity contribution in [1.29, 1.82) is 0 Å². The van der Waals surface area contributed by atoms with Gasteiger partial charge in [-0.25, -0.2) is 4.98 Å². The summed E-state index contributed by atoms with van der Waals surface area (Å²) in [6.07, 6.45) is 1.50. The zero-order valence-corrected chi connectivity index (χ0v) is 16.9. The molecular formula is C22H23N3O3S. The average molecular weight is 410 g/mol. The molecule has 6 nitrogen and oxygen atoms in total. The molecule has 1 atom stereocenters. The van der Waals surface area contributed by atoms with Crippen LogP contribution < -0.4 is 19.7 Å². The van der Waals surface area contributed by atoms with Gasteiger partial charge >= 0.3 is 0 Å². The van der Waals surface area contributed by atoms with Crippen molar-refractivity contribution in [2.24, 2.45) is 5.92 Å². The highest BCUT2D eigenvalue weighted by molar-refractivity contribution is 7.22. The summed E-state index contributed by atoms with van der Waals surface area (Å²) < 4.78 is 12.7. The first-order chi connectivity index (χ1) is 14.3. The first-order valence-electron chi connectivity index (χ1n) is 10.0. The molecule has 5 rings (SSSR count). The standard InChI is InChI=1S/C22H23N3O3S/c26-21(19-14-27-17-6-2-3-7-18(17)28-19)23-13-15-9-11-25(12-10-15)22-24-16-5-1-4-8-20(16)29-22/h1-8,15,19H,9-14H2,(H,23,26). The summed E-state index contributed by atoms with van der Waals surface area (Å²) in [6, 6.07) is 15.7. The number of hydrogen-bond acceptors (Lipinski definition) is 6. The molecule has 0 radical (unpaired) electrons. The maximum Gasteiger partial charge on any atom is 0.264 e. The minimum atomic E-state index is -0.590. The Morgan fingerprint density at radius 2 is 1.86 bits per heavy atom. The Hall–Kier alpha value is -2.80.